The summed E-state index contributed by atoms with van der Waals surface area (Å²) < 4.78 is 0.792. The molecular formula is C17H15ClIN3O3. The van der Waals surface area contributed by atoms with Crippen molar-refractivity contribution in [1.82, 2.24) is 10.6 Å². The van der Waals surface area contributed by atoms with Crippen LogP contribution in [0.5, 0.6) is 0 Å². The molecule has 2 aromatic carbocycles. The van der Waals surface area contributed by atoms with Crippen molar-refractivity contribution < 1.29 is 14.4 Å². The second kappa shape index (κ2) is 9.38. The fourth-order valence-corrected chi connectivity index (χ4v) is 2.64. The molecule has 6 nitrogen and oxygen atoms in total. The topological polar surface area (TPSA) is 87.3 Å². The summed E-state index contributed by atoms with van der Waals surface area (Å²) in [6, 6.07) is 13.7. The van der Waals surface area contributed by atoms with Crippen LogP contribution in [0.4, 0.5) is 5.69 Å². The van der Waals surface area contributed by atoms with Gasteiger partial charge in [0.15, 0.2) is 0 Å². The molecule has 2 aromatic rings. The summed E-state index contributed by atoms with van der Waals surface area (Å²) in [4.78, 5) is 35.5. The Labute approximate surface area is 163 Å². The van der Waals surface area contributed by atoms with E-state index in [-0.39, 0.29) is 24.9 Å². The zero-order chi connectivity index (χ0) is 18.2. The Morgan fingerprint density at radius 3 is 2.20 bits per heavy atom. The molecule has 130 valence electrons. The number of carbonyl (C=O) groups is 3. The molecule has 0 saturated heterocycles. The number of rotatable bonds is 6. The average Bonchev–Trinajstić information content (AvgIpc) is 2.60. The zero-order valence-corrected chi connectivity index (χ0v) is 15.9. The lowest BCUT2D eigenvalue weighted by Crippen LogP contribution is -2.40. The molecule has 0 unspecified atom stereocenters. The molecule has 8 heteroatoms. The standard InChI is InChI=1S/C17H15ClIN3O3/c18-11-5-7-12(8-6-11)22-16(24)10-20-15(23)9-21-17(25)13-3-1-2-4-14(13)19/h1-8H,9-10H2,(H,20,23)(H,21,25)(H,22,24). The Balaban J connectivity index is 1.73. The molecule has 0 bridgehead atoms. The maximum absolute atomic E-state index is 12.0. The molecule has 0 aliphatic rings. The fourth-order valence-electron chi connectivity index (χ4n) is 1.88. The number of hydrogen-bond acceptors (Lipinski definition) is 3. The van der Waals surface area contributed by atoms with Gasteiger partial charge in [-0.25, -0.2) is 0 Å². The molecule has 0 atom stereocenters. The van der Waals surface area contributed by atoms with Crippen LogP contribution < -0.4 is 16.0 Å². The average molecular weight is 472 g/mol. The first kappa shape index (κ1) is 19.2. The van der Waals surface area contributed by atoms with Gasteiger partial charge in [0.05, 0.1) is 18.7 Å². The molecule has 3 N–H and O–H groups in total. The van der Waals surface area contributed by atoms with Crippen LogP contribution in [-0.4, -0.2) is 30.8 Å². The molecule has 0 aromatic heterocycles. The zero-order valence-electron chi connectivity index (χ0n) is 13.0. The van der Waals surface area contributed by atoms with Crippen molar-refractivity contribution in [3.8, 4) is 0 Å². The van der Waals surface area contributed by atoms with Crippen molar-refractivity contribution in [1.29, 1.82) is 0 Å². The van der Waals surface area contributed by atoms with E-state index in [0.717, 1.165) is 3.57 Å². The number of benzene rings is 2. The Morgan fingerprint density at radius 1 is 0.880 bits per heavy atom. The lowest BCUT2D eigenvalue weighted by atomic mass is 10.2. The van der Waals surface area contributed by atoms with Gasteiger partial charge >= 0.3 is 0 Å². The third-order valence-corrected chi connectivity index (χ3v) is 4.29. The predicted molar refractivity (Wildman–Crippen MR) is 105 cm³/mol. The van der Waals surface area contributed by atoms with Crippen LogP contribution in [0.2, 0.25) is 5.02 Å². The van der Waals surface area contributed by atoms with E-state index in [1.807, 2.05) is 28.7 Å². The second-order valence-electron chi connectivity index (χ2n) is 4.99. The third-order valence-electron chi connectivity index (χ3n) is 3.10. The van der Waals surface area contributed by atoms with E-state index < -0.39 is 5.91 Å². The summed E-state index contributed by atoms with van der Waals surface area (Å²) in [5.41, 5.74) is 1.08. The Morgan fingerprint density at radius 2 is 1.52 bits per heavy atom. The highest BCUT2D eigenvalue weighted by Gasteiger charge is 2.11. The fraction of sp³-hybridized carbons (Fsp3) is 0.118. The van der Waals surface area contributed by atoms with Gasteiger partial charge in [-0.3, -0.25) is 14.4 Å². The minimum atomic E-state index is -0.453. The smallest absolute Gasteiger partial charge is 0.252 e. The maximum atomic E-state index is 12.0. The SMILES string of the molecule is O=C(CNC(=O)c1ccccc1I)NCC(=O)Nc1ccc(Cl)cc1. The summed E-state index contributed by atoms with van der Waals surface area (Å²) in [5.74, 6) is -1.17. The predicted octanol–water partition coefficient (Wildman–Crippen LogP) is 2.43. The van der Waals surface area contributed by atoms with Gasteiger partial charge < -0.3 is 16.0 Å². The minimum Gasteiger partial charge on any atom is -0.345 e. The number of anilines is 1. The van der Waals surface area contributed by atoms with Crippen molar-refractivity contribution in [2.24, 2.45) is 0 Å². The molecule has 0 spiro atoms. The Bertz CT molecular complexity index is 781. The highest BCUT2D eigenvalue weighted by atomic mass is 127. The van der Waals surface area contributed by atoms with Gasteiger partial charge in [0.25, 0.3) is 5.91 Å². The monoisotopic (exact) mass is 471 g/mol. The molecule has 0 heterocycles. The normalized spacial score (nSPS) is 10.0. The first-order valence-corrected chi connectivity index (χ1v) is 8.76. The van der Waals surface area contributed by atoms with E-state index in [4.69, 9.17) is 11.6 Å². The van der Waals surface area contributed by atoms with Crippen LogP contribution in [0.15, 0.2) is 48.5 Å². The Hall–Kier alpha value is -2.13. The van der Waals surface area contributed by atoms with Crippen LogP contribution in [-0.2, 0) is 9.59 Å². The molecule has 3 amide bonds. The molecular weight excluding hydrogens is 457 g/mol. The summed E-state index contributed by atoms with van der Waals surface area (Å²) in [5, 5.41) is 8.15. The van der Waals surface area contributed by atoms with Crippen molar-refractivity contribution >= 4 is 57.6 Å². The van der Waals surface area contributed by atoms with Gasteiger partial charge in [0, 0.05) is 14.3 Å². The lowest BCUT2D eigenvalue weighted by Gasteiger charge is -2.09. The van der Waals surface area contributed by atoms with E-state index in [1.54, 1.807) is 42.5 Å². The van der Waals surface area contributed by atoms with Crippen LogP contribution in [0, 0.1) is 3.57 Å². The van der Waals surface area contributed by atoms with E-state index in [2.05, 4.69) is 16.0 Å². The summed E-state index contributed by atoms with van der Waals surface area (Å²) in [7, 11) is 0. The number of halogens is 2. The first-order chi connectivity index (χ1) is 12.0. The third kappa shape index (κ3) is 6.35. The van der Waals surface area contributed by atoms with Crippen LogP contribution >= 0.6 is 34.2 Å². The largest absolute Gasteiger partial charge is 0.345 e. The second-order valence-corrected chi connectivity index (χ2v) is 6.59. The molecule has 0 saturated carbocycles. The van der Waals surface area contributed by atoms with Gasteiger partial charge in [0.1, 0.15) is 0 Å². The van der Waals surface area contributed by atoms with Crippen LogP contribution in [0.25, 0.3) is 0 Å². The van der Waals surface area contributed by atoms with Gasteiger partial charge in [-0.05, 0) is 59.0 Å². The highest BCUT2D eigenvalue weighted by molar-refractivity contribution is 14.1. The van der Waals surface area contributed by atoms with E-state index in [0.29, 0.717) is 16.3 Å². The van der Waals surface area contributed by atoms with Crippen LogP contribution in [0.3, 0.4) is 0 Å². The van der Waals surface area contributed by atoms with Crippen molar-refractivity contribution in [3.63, 3.8) is 0 Å². The van der Waals surface area contributed by atoms with Crippen LogP contribution in [0.1, 0.15) is 10.4 Å². The molecule has 0 aliphatic heterocycles. The number of amides is 3. The van der Waals surface area contributed by atoms with Crippen molar-refractivity contribution in [2.45, 2.75) is 0 Å². The summed E-state index contributed by atoms with van der Waals surface area (Å²) in [6.07, 6.45) is 0. The Kier molecular flexibility index (Phi) is 7.20. The van der Waals surface area contributed by atoms with E-state index in [9.17, 15) is 14.4 Å². The van der Waals surface area contributed by atoms with Gasteiger partial charge in [0.2, 0.25) is 11.8 Å². The summed E-state index contributed by atoms with van der Waals surface area (Å²) in [6.45, 7) is -0.405. The quantitative estimate of drug-likeness (QED) is 0.566. The highest BCUT2D eigenvalue weighted by Crippen LogP contribution is 2.13. The number of hydrogen-bond donors (Lipinski definition) is 3. The first-order valence-electron chi connectivity index (χ1n) is 7.30. The molecule has 0 aliphatic carbocycles. The molecule has 0 radical (unpaired) electrons. The van der Waals surface area contributed by atoms with Gasteiger partial charge in [-0.1, -0.05) is 23.7 Å². The van der Waals surface area contributed by atoms with Crippen molar-refractivity contribution in [2.75, 3.05) is 18.4 Å². The van der Waals surface area contributed by atoms with Crippen molar-refractivity contribution in [3.05, 3.63) is 62.7 Å². The van der Waals surface area contributed by atoms with E-state index >= 15 is 0 Å². The van der Waals surface area contributed by atoms with E-state index in [1.165, 1.54) is 0 Å². The maximum Gasteiger partial charge on any atom is 0.252 e. The molecule has 0 fully saturated rings. The molecule has 2 rings (SSSR count). The minimum absolute atomic E-state index is 0.194. The molecule has 25 heavy (non-hydrogen) atoms. The number of carbonyl (C=O) groups excluding carboxylic acids is 3. The van der Waals surface area contributed by atoms with Gasteiger partial charge in [-0.15, -0.1) is 0 Å². The summed E-state index contributed by atoms with van der Waals surface area (Å²) >= 11 is 7.81. The lowest BCUT2D eigenvalue weighted by molar-refractivity contribution is -0.123. The van der Waals surface area contributed by atoms with Gasteiger partial charge in [-0.2, -0.15) is 0 Å². The number of nitrogens with one attached hydrogen (secondary N) is 3.